The summed E-state index contributed by atoms with van der Waals surface area (Å²) in [4.78, 5) is 21.5. The van der Waals surface area contributed by atoms with Crippen LogP contribution in [0.5, 0.6) is 0 Å². The van der Waals surface area contributed by atoms with E-state index in [9.17, 15) is 13.2 Å². The monoisotopic (exact) mass is 524 g/mol. The van der Waals surface area contributed by atoms with Crippen LogP contribution in [-0.4, -0.2) is 70.4 Å². The molecule has 5 rings (SSSR count). The van der Waals surface area contributed by atoms with Crippen LogP contribution in [0.1, 0.15) is 5.56 Å². The van der Waals surface area contributed by atoms with E-state index < -0.39 is 10.0 Å². The lowest BCUT2D eigenvalue weighted by Crippen LogP contribution is -2.40. The van der Waals surface area contributed by atoms with Gasteiger partial charge in [0.1, 0.15) is 11.4 Å². The summed E-state index contributed by atoms with van der Waals surface area (Å²) >= 11 is 1.28. The van der Waals surface area contributed by atoms with Gasteiger partial charge in [0.25, 0.3) is 0 Å². The molecule has 0 aliphatic carbocycles. The molecule has 0 saturated carbocycles. The van der Waals surface area contributed by atoms with Crippen molar-refractivity contribution in [2.24, 2.45) is 0 Å². The normalized spacial score (nSPS) is 14.7. The van der Waals surface area contributed by atoms with Crippen LogP contribution in [0.4, 0.5) is 5.69 Å². The number of thioether (sulfide) groups is 1. The first kappa shape index (κ1) is 24.4. The summed E-state index contributed by atoms with van der Waals surface area (Å²) in [5, 5.41) is 8.67. The molecule has 186 valence electrons. The minimum Gasteiger partial charge on any atom is -0.379 e. The van der Waals surface area contributed by atoms with Crippen molar-refractivity contribution in [1.82, 2.24) is 24.1 Å². The van der Waals surface area contributed by atoms with Gasteiger partial charge in [0, 0.05) is 18.8 Å². The van der Waals surface area contributed by atoms with Crippen LogP contribution in [0.15, 0.2) is 71.0 Å². The van der Waals surface area contributed by atoms with Gasteiger partial charge < -0.3 is 10.1 Å². The fraction of sp³-hybridized carbons (Fsp3) is 0.250. The maximum atomic E-state index is 12.8. The van der Waals surface area contributed by atoms with E-state index >= 15 is 0 Å². The fourth-order valence-corrected chi connectivity index (χ4v) is 5.96. The van der Waals surface area contributed by atoms with E-state index in [0.717, 1.165) is 16.6 Å². The maximum absolute atomic E-state index is 12.8. The van der Waals surface area contributed by atoms with Crippen molar-refractivity contribution in [1.29, 1.82) is 0 Å². The number of benzene rings is 2. The number of fused-ring (bicyclic) bond motifs is 1. The van der Waals surface area contributed by atoms with E-state index in [1.165, 1.54) is 34.5 Å². The van der Waals surface area contributed by atoms with Crippen molar-refractivity contribution < 1.29 is 17.9 Å². The second-order valence-electron chi connectivity index (χ2n) is 8.19. The predicted octanol–water partition coefficient (Wildman–Crippen LogP) is 2.88. The van der Waals surface area contributed by atoms with Gasteiger partial charge >= 0.3 is 0 Å². The van der Waals surface area contributed by atoms with Gasteiger partial charge in [0.05, 0.1) is 41.1 Å². The van der Waals surface area contributed by atoms with Gasteiger partial charge in [-0.25, -0.2) is 23.1 Å². The predicted molar refractivity (Wildman–Crippen MR) is 137 cm³/mol. The highest BCUT2D eigenvalue weighted by atomic mass is 32.2. The number of hydrogen-bond acceptors (Lipinski definition) is 8. The molecule has 1 saturated heterocycles. The summed E-state index contributed by atoms with van der Waals surface area (Å²) in [6.07, 6.45) is 3.16. The molecule has 1 N–H and O–H groups in total. The van der Waals surface area contributed by atoms with Gasteiger partial charge in [-0.05, 0) is 43.3 Å². The first-order chi connectivity index (χ1) is 17.4. The molecule has 3 heterocycles. The average Bonchev–Trinajstić information content (AvgIpc) is 3.34. The highest BCUT2D eigenvalue weighted by molar-refractivity contribution is 8.00. The van der Waals surface area contributed by atoms with Gasteiger partial charge in [-0.2, -0.15) is 9.40 Å². The smallest absolute Gasteiger partial charge is 0.243 e. The third kappa shape index (κ3) is 5.12. The number of morpholine rings is 1. The number of nitrogens with one attached hydrogen (secondary N) is 1. The number of hydrogen-bond donors (Lipinski definition) is 1. The van der Waals surface area contributed by atoms with Gasteiger partial charge in [0.15, 0.2) is 5.65 Å². The molecule has 0 atom stereocenters. The molecule has 36 heavy (non-hydrogen) atoms. The highest BCUT2D eigenvalue weighted by Gasteiger charge is 2.26. The number of carbonyl (C=O) groups excluding carboxylic acids is 1. The second kappa shape index (κ2) is 10.3. The van der Waals surface area contributed by atoms with Crippen LogP contribution in [0.25, 0.3) is 16.7 Å². The van der Waals surface area contributed by atoms with Crippen LogP contribution >= 0.6 is 11.8 Å². The number of ether oxygens (including phenoxy) is 1. The quantitative estimate of drug-likeness (QED) is 0.290. The van der Waals surface area contributed by atoms with Crippen LogP contribution in [0.2, 0.25) is 0 Å². The SMILES string of the molecule is Cc1ccc(-n2ncc3c(SCC(=O)Nc4ccc(S(=O)(=O)N5CCOCC5)cc4)ncnc32)cc1. The number of sulfonamides is 1. The Hall–Kier alpha value is -3.32. The summed E-state index contributed by atoms with van der Waals surface area (Å²) in [7, 11) is -3.58. The van der Waals surface area contributed by atoms with E-state index in [-0.39, 0.29) is 16.6 Å². The van der Waals surface area contributed by atoms with E-state index in [2.05, 4.69) is 20.4 Å². The standard InChI is InChI=1S/C24H24N6O4S2/c1-17-2-6-19(7-3-17)30-23-21(14-27-30)24(26-16-25-23)35-15-22(31)28-18-4-8-20(9-5-18)36(32,33)29-10-12-34-13-11-29/h2-9,14,16H,10-13,15H2,1H3,(H,28,31). The number of anilines is 1. The van der Waals surface area contributed by atoms with Gasteiger partial charge in [-0.3, -0.25) is 4.79 Å². The van der Waals surface area contributed by atoms with E-state index in [1.807, 2.05) is 31.2 Å². The molecule has 2 aromatic heterocycles. The molecule has 1 aliphatic heterocycles. The van der Waals surface area contributed by atoms with E-state index in [0.29, 0.717) is 42.7 Å². The summed E-state index contributed by atoms with van der Waals surface area (Å²) < 4.78 is 33.9. The Bertz CT molecular complexity index is 1480. The molecule has 1 amide bonds. The Kier molecular flexibility index (Phi) is 7.01. The minimum atomic E-state index is -3.58. The highest BCUT2D eigenvalue weighted by Crippen LogP contribution is 2.26. The van der Waals surface area contributed by atoms with Crippen molar-refractivity contribution >= 4 is 44.4 Å². The number of aryl methyl sites for hydroxylation is 1. The second-order valence-corrected chi connectivity index (χ2v) is 11.1. The Balaban J connectivity index is 1.23. The summed E-state index contributed by atoms with van der Waals surface area (Å²) in [5.41, 5.74) is 3.22. The van der Waals surface area contributed by atoms with Crippen LogP contribution in [0.3, 0.4) is 0 Å². The maximum Gasteiger partial charge on any atom is 0.243 e. The van der Waals surface area contributed by atoms with Crippen molar-refractivity contribution in [3.63, 3.8) is 0 Å². The van der Waals surface area contributed by atoms with Crippen molar-refractivity contribution in [2.45, 2.75) is 16.8 Å². The van der Waals surface area contributed by atoms with E-state index in [4.69, 9.17) is 4.74 Å². The van der Waals surface area contributed by atoms with Crippen LogP contribution < -0.4 is 5.32 Å². The van der Waals surface area contributed by atoms with Crippen molar-refractivity contribution in [3.8, 4) is 5.69 Å². The molecule has 1 fully saturated rings. The first-order valence-electron chi connectivity index (χ1n) is 11.3. The minimum absolute atomic E-state index is 0.121. The molecular weight excluding hydrogens is 500 g/mol. The topological polar surface area (TPSA) is 119 Å². The first-order valence-corrected chi connectivity index (χ1v) is 13.7. The molecule has 4 aromatic rings. The third-order valence-electron chi connectivity index (χ3n) is 5.69. The third-order valence-corrected chi connectivity index (χ3v) is 8.61. The molecule has 10 nitrogen and oxygen atoms in total. The largest absolute Gasteiger partial charge is 0.379 e. The lowest BCUT2D eigenvalue weighted by molar-refractivity contribution is -0.113. The Labute approximate surface area is 212 Å². The molecule has 0 radical (unpaired) electrons. The van der Waals surface area contributed by atoms with Crippen LogP contribution in [0, 0.1) is 6.92 Å². The Morgan fingerprint density at radius 3 is 2.50 bits per heavy atom. The number of nitrogens with zero attached hydrogens (tertiary/aromatic N) is 5. The number of amides is 1. The molecular formula is C24H24N6O4S2. The lowest BCUT2D eigenvalue weighted by atomic mass is 10.2. The lowest BCUT2D eigenvalue weighted by Gasteiger charge is -2.26. The molecule has 12 heteroatoms. The molecule has 0 unspecified atom stereocenters. The fourth-order valence-electron chi connectivity index (χ4n) is 3.79. The number of aromatic nitrogens is 4. The number of carbonyl (C=O) groups is 1. The van der Waals surface area contributed by atoms with Gasteiger partial charge in [-0.15, -0.1) is 0 Å². The molecule has 0 bridgehead atoms. The van der Waals surface area contributed by atoms with Crippen molar-refractivity contribution in [3.05, 3.63) is 66.6 Å². The van der Waals surface area contributed by atoms with Crippen LogP contribution in [-0.2, 0) is 19.6 Å². The summed E-state index contributed by atoms with van der Waals surface area (Å²) in [6, 6.07) is 14.1. The molecule has 2 aromatic carbocycles. The van der Waals surface area contributed by atoms with Gasteiger partial charge in [-0.1, -0.05) is 29.5 Å². The molecule has 0 spiro atoms. The Morgan fingerprint density at radius 1 is 1.06 bits per heavy atom. The zero-order valence-electron chi connectivity index (χ0n) is 19.5. The number of rotatable bonds is 7. The van der Waals surface area contributed by atoms with Gasteiger partial charge in [0.2, 0.25) is 15.9 Å². The Morgan fingerprint density at radius 2 is 1.78 bits per heavy atom. The van der Waals surface area contributed by atoms with Crippen molar-refractivity contribution in [2.75, 3.05) is 37.4 Å². The average molecular weight is 525 g/mol. The zero-order chi connectivity index (χ0) is 25.1. The van der Waals surface area contributed by atoms with E-state index in [1.54, 1.807) is 23.0 Å². The summed E-state index contributed by atoms with van der Waals surface area (Å²) in [6.45, 7) is 3.46. The zero-order valence-corrected chi connectivity index (χ0v) is 21.1. The summed E-state index contributed by atoms with van der Waals surface area (Å²) in [5.74, 6) is -0.114. The molecule has 1 aliphatic rings.